The molecule has 0 fully saturated rings. The summed E-state index contributed by atoms with van der Waals surface area (Å²) in [6.45, 7) is 11.6. The number of aryl methyl sites for hydroxylation is 2. The highest BCUT2D eigenvalue weighted by molar-refractivity contribution is 5.85. The maximum absolute atomic E-state index is 6.49. The Balaban J connectivity index is 0.000000242. The highest BCUT2D eigenvalue weighted by Crippen LogP contribution is 2.32. The van der Waals surface area contributed by atoms with E-state index in [1.165, 1.54) is 22.3 Å². The predicted molar refractivity (Wildman–Crippen MR) is 224 cm³/mol. The Hall–Kier alpha value is -6.50. The third kappa shape index (κ3) is 10.7. The number of nitrogen functional groups attached to an aromatic ring is 3. The quantitative estimate of drug-likeness (QED) is 0.0746. The second-order valence-corrected chi connectivity index (χ2v) is 12.1. The molecule has 0 saturated carbocycles. The van der Waals surface area contributed by atoms with Crippen LogP contribution in [0.25, 0.3) is 28.3 Å². The Morgan fingerprint density at radius 1 is 0.686 bits per heavy atom. The normalized spacial score (nSPS) is 11.9. The van der Waals surface area contributed by atoms with Crippen LogP contribution < -0.4 is 17.2 Å². The molecular weight excluding hydrogens is 619 g/mol. The number of nitrogens with two attached hydrogens (primary N) is 3. The Bertz CT molecular complexity index is 2140. The molecule has 3 nitrogen and oxygen atoms in total. The first-order valence-electron chi connectivity index (χ1n) is 17.0. The first kappa shape index (κ1) is 37.3. The molecule has 0 unspecified atom stereocenters. The summed E-state index contributed by atoms with van der Waals surface area (Å²) >= 11 is 0. The monoisotopic (exact) mass is 665 g/mol. The van der Waals surface area contributed by atoms with E-state index in [4.69, 9.17) is 23.6 Å². The highest BCUT2D eigenvalue weighted by Gasteiger charge is 2.08. The molecular formula is C48H47N3. The van der Waals surface area contributed by atoms with Gasteiger partial charge in [-0.25, -0.2) is 0 Å². The van der Waals surface area contributed by atoms with Gasteiger partial charge in [-0.3, -0.25) is 0 Å². The number of hydrogen-bond acceptors (Lipinski definition) is 3. The zero-order chi connectivity index (χ0) is 36.6. The van der Waals surface area contributed by atoms with E-state index in [2.05, 4.69) is 79.7 Å². The summed E-state index contributed by atoms with van der Waals surface area (Å²) in [7, 11) is 0. The SMILES string of the molecule is C#CC(=C\C(=C/C)C(\C=C)=C\C=C)/C(C)=C/c1cccc(-c2cccc(N)c2)c1N.Nc1cccc(-c2cccc(CCc3ccccc3)c2)c1. The maximum atomic E-state index is 6.49. The minimum Gasteiger partial charge on any atom is -0.399 e. The van der Waals surface area contributed by atoms with E-state index < -0.39 is 0 Å². The van der Waals surface area contributed by atoms with Crippen LogP contribution in [-0.2, 0) is 12.8 Å². The summed E-state index contributed by atoms with van der Waals surface area (Å²) < 4.78 is 0. The van der Waals surface area contributed by atoms with E-state index in [0.717, 1.165) is 57.5 Å². The van der Waals surface area contributed by atoms with Crippen molar-refractivity contribution in [3.05, 3.63) is 204 Å². The van der Waals surface area contributed by atoms with E-state index in [1.54, 1.807) is 12.2 Å². The van der Waals surface area contributed by atoms with E-state index in [-0.39, 0.29) is 0 Å². The van der Waals surface area contributed by atoms with E-state index in [1.807, 2.05) is 98.8 Å². The van der Waals surface area contributed by atoms with Gasteiger partial charge in [0, 0.05) is 28.2 Å². The molecule has 0 aliphatic rings. The molecule has 6 N–H and O–H groups in total. The topological polar surface area (TPSA) is 78.1 Å². The molecule has 254 valence electrons. The van der Waals surface area contributed by atoms with Gasteiger partial charge in [0.1, 0.15) is 0 Å². The van der Waals surface area contributed by atoms with Gasteiger partial charge in [0.2, 0.25) is 0 Å². The standard InChI is InChI=1S/C28H28N2.C20H19N/c1-6-12-21(7-2)23(9-4)18-22(8-3)20(5)17-25-14-11-16-27(28(25)30)24-13-10-15-26(29)19-24;21-20-11-5-10-19(15-20)18-9-4-8-17(14-18)13-12-16-6-2-1-3-7-16/h3,6-7,9-19H,1-2,29-30H2,4-5H3;1-11,14-15H,12-13,21H2/b20-17+,21-12+,22-18+,23-9+;. The lowest BCUT2D eigenvalue weighted by Gasteiger charge is -2.11. The van der Waals surface area contributed by atoms with E-state index in [0.29, 0.717) is 11.4 Å². The zero-order valence-corrected chi connectivity index (χ0v) is 29.6. The van der Waals surface area contributed by atoms with Gasteiger partial charge in [-0.2, -0.15) is 0 Å². The van der Waals surface area contributed by atoms with Gasteiger partial charge < -0.3 is 17.2 Å². The number of para-hydroxylation sites is 1. The van der Waals surface area contributed by atoms with E-state index in [9.17, 15) is 0 Å². The third-order valence-corrected chi connectivity index (χ3v) is 8.44. The van der Waals surface area contributed by atoms with Gasteiger partial charge >= 0.3 is 0 Å². The Morgan fingerprint density at radius 2 is 1.27 bits per heavy atom. The fourth-order valence-corrected chi connectivity index (χ4v) is 5.70. The van der Waals surface area contributed by atoms with Gasteiger partial charge in [0.15, 0.2) is 0 Å². The summed E-state index contributed by atoms with van der Waals surface area (Å²) in [4.78, 5) is 0. The molecule has 0 aromatic heterocycles. The summed E-state index contributed by atoms with van der Waals surface area (Å²) in [5.41, 5.74) is 32.1. The van der Waals surface area contributed by atoms with Crippen molar-refractivity contribution in [3.8, 4) is 34.6 Å². The lowest BCUT2D eigenvalue weighted by Crippen LogP contribution is -1.95. The van der Waals surface area contributed by atoms with Crippen molar-refractivity contribution in [3.63, 3.8) is 0 Å². The second kappa shape index (κ2) is 18.9. The Morgan fingerprint density at radius 3 is 1.90 bits per heavy atom. The summed E-state index contributed by atoms with van der Waals surface area (Å²) in [5.74, 6) is 2.79. The minimum absolute atomic E-state index is 0.684. The second-order valence-electron chi connectivity index (χ2n) is 12.1. The van der Waals surface area contributed by atoms with Crippen LogP contribution in [-0.4, -0.2) is 0 Å². The van der Waals surface area contributed by atoms with Crippen molar-refractivity contribution >= 4 is 23.1 Å². The van der Waals surface area contributed by atoms with Crippen molar-refractivity contribution in [2.24, 2.45) is 0 Å². The summed E-state index contributed by atoms with van der Waals surface area (Å²) in [6.07, 6.45) is 19.3. The van der Waals surface area contributed by atoms with Crippen molar-refractivity contribution in [2.75, 3.05) is 17.2 Å². The molecule has 0 aliphatic carbocycles. The molecule has 0 bridgehead atoms. The van der Waals surface area contributed by atoms with Gasteiger partial charge in [-0.1, -0.05) is 140 Å². The largest absolute Gasteiger partial charge is 0.399 e. The molecule has 0 heterocycles. The summed E-state index contributed by atoms with van der Waals surface area (Å²) in [6, 6.07) is 41.0. The van der Waals surface area contributed by atoms with Gasteiger partial charge in [0.25, 0.3) is 0 Å². The summed E-state index contributed by atoms with van der Waals surface area (Å²) in [5, 5.41) is 0. The number of benzene rings is 5. The van der Waals surface area contributed by atoms with Gasteiger partial charge in [-0.05, 0) is 113 Å². The van der Waals surface area contributed by atoms with Crippen LogP contribution in [0.4, 0.5) is 17.1 Å². The third-order valence-electron chi connectivity index (χ3n) is 8.44. The molecule has 0 spiro atoms. The minimum atomic E-state index is 0.684. The van der Waals surface area contributed by atoms with Crippen LogP contribution in [0.3, 0.4) is 0 Å². The highest BCUT2D eigenvalue weighted by atomic mass is 14.6. The number of allylic oxidation sites excluding steroid dienone is 9. The number of terminal acetylenes is 1. The molecule has 0 saturated heterocycles. The molecule has 5 aromatic carbocycles. The molecule has 0 aliphatic heterocycles. The average molecular weight is 666 g/mol. The lowest BCUT2D eigenvalue weighted by atomic mass is 9.96. The van der Waals surface area contributed by atoms with Crippen molar-refractivity contribution in [2.45, 2.75) is 26.7 Å². The van der Waals surface area contributed by atoms with Crippen LogP contribution in [0.1, 0.15) is 30.5 Å². The van der Waals surface area contributed by atoms with Crippen LogP contribution in [0.5, 0.6) is 0 Å². The number of hydrogen-bond donors (Lipinski definition) is 3. The number of anilines is 3. The fourth-order valence-electron chi connectivity index (χ4n) is 5.70. The van der Waals surface area contributed by atoms with Crippen molar-refractivity contribution in [1.29, 1.82) is 0 Å². The van der Waals surface area contributed by atoms with E-state index >= 15 is 0 Å². The Kier molecular flexibility index (Phi) is 13.8. The Labute approximate surface area is 304 Å². The molecule has 51 heavy (non-hydrogen) atoms. The smallest absolute Gasteiger partial charge is 0.0467 e. The van der Waals surface area contributed by atoms with Crippen LogP contribution in [0.15, 0.2) is 187 Å². The molecule has 5 rings (SSSR count). The molecule has 0 radical (unpaired) electrons. The average Bonchev–Trinajstić information content (AvgIpc) is 3.15. The molecule has 3 heteroatoms. The zero-order valence-electron chi connectivity index (χ0n) is 29.6. The van der Waals surface area contributed by atoms with Crippen LogP contribution in [0.2, 0.25) is 0 Å². The molecule has 0 atom stereocenters. The first-order valence-corrected chi connectivity index (χ1v) is 17.0. The van der Waals surface area contributed by atoms with Gasteiger partial charge in [0.05, 0.1) is 0 Å². The van der Waals surface area contributed by atoms with Gasteiger partial charge in [-0.15, -0.1) is 6.42 Å². The van der Waals surface area contributed by atoms with Crippen molar-refractivity contribution < 1.29 is 0 Å². The molecule has 0 amide bonds. The van der Waals surface area contributed by atoms with Crippen LogP contribution >= 0.6 is 0 Å². The first-order chi connectivity index (χ1) is 24.8. The fraction of sp³-hybridized carbons (Fsp3) is 0.0833. The maximum Gasteiger partial charge on any atom is 0.0467 e. The van der Waals surface area contributed by atoms with Crippen LogP contribution in [0, 0.1) is 12.3 Å². The van der Waals surface area contributed by atoms with Crippen molar-refractivity contribution in [1.82, 2.24) is 0 Å². The predicted octanol–water partition coefficient (Wildman–Crippen LogP) is 11.4. The number of rotatable bonds is 11. The molecule has 5 aromatic rings. The lowest BCUT2D eigenvalue weighted by molar-refractivity contribution is 0.961.